The number of rotatable bonds is 10. The number of benzene rings is 2. The minimum atomic E-state index is -3.32. The summed E-state index contributed by atoms with van der Waals surface area (Å²) in [5, 5.41) is 0.590. The van der Waals surface area contributed by atoms with Crippen molar-refractivity contribution in [3.05, 3.63) is 48.0 Å². The van der Waals surface area contributed by atoms with Crippen molar-refractivity contribution in [1.29, 1.82) is 0 Å². The van der Waals surface area contributed by atoms with E-state index in [1.54, 1.807) is 31.1 Å². The molecule has 0 fully saturated rings. The predicted octanol–water partition coefficient (Wildman–Crippen LogP) is 4.09. The van der Waals surface area contributed by atoms with Gasteiger partial charge in [0.15, 0.2) is 15.0 Å². The van der Waals surface area contributed by atoms with Gasteiger partial charge in [0.05, 0.1) is 22.5 Å². The number of thiazole rings is 1. The molecule has 0 spiro atoms. The molecular weight excluding hydrogens is 446 g/mol. The SMILES string of the molecule is CCN(CC)CCN(C(=O)c1ccc(S(=O)(=O)CC)cc1)c1nc2c(OC)cccc2s1. The van der Waals surface area contributed by atoms with Crippen LogP contribution in [0.4, 0.5) is 5.13 Å². The van der Waals surface area contributed by atoms with Crippen molar-refractivity contribution in [3.8, 4) is 5.75 Å². The Morgan fingerprint density at radius 2 is 1.72 bits per heavy atom. The fraction of sp³-hybridized carbons (Fsp3) is 0.391. The highest BCUT2D eigenvalue weighted by atomic mass is 32.2. The lowest BCUT2D eigenvalue weighted by atomic mass is 10.2. The van der Waals surface area contributed by atoms with Crippen molar-refractivity contribution in [2.45, 2.75) is 25.7 Å². The van der Waals surface area contributed by atoms with Gasteiger partial charge in [-0.05, 0) is 49.5 Å². The van der Waals surface area contributed by atoms with Gasteiger partial charge in [0, 0.05) is 18.7 Å². The molecule has 1 amide bonds. The second-order valence-electron chi connectivity index (χ2n) is 7.21. The van der Waals surface area contributed by atoms with Gasteiger partial charge in [0.1, 0.15) is 11.3 Å². The van der Waals surface area contributed by atoms with Gasteiger partial charge in [-0.15, -0.1) is 0 Å². The minimum Gasteiger partial charge on any atom is -0.494 e. The molecular formula is C23H29N3O4S2. The van der Waals surface area contributed by atoms with Crippen LogP contribution in [0.1, 0.15) is 31.1 Å². The number of aromatic nitrogens is 1. The lowest BCUT2D eigenvalue weighted by Gasteiger charge is -2.24. The summed E-state index contributed by atoms with van der Waals surface area (Å²) in [5.74, 6) is 0.468. The molecule has 0 N–H and O–H groups in total. The standard InChI is InChI=1S/C23H29N3O4S2/c1-5-25(6-2)15-16-26(23-24-21-19(30-4)9-8-10-20(21)31-23)22(27)17-11-13-18(14-12-17)32(28,29)7-3/h8-14H,5-7,15-16H2,1-4H3. The van der Waals surface area contributed by atoms with E-state index in [9.17, 15) is 13.2 Å². The van der Waals surface area contributed by atoms with Crippen LogP contribution in [0.25, 0.3) is 10.2 Å². The maximum Gasteiger partial charge on any atom is 0.260 e. The summed E-state index contributed by atoms with van der Waals surface area (Å²) >= 11 is 1.44. The van der Waals surface area contributed by atoms with Crippen molar-refractivity contribution in [2.75, 3.05) is 43.9 Å². The highest BCUT2D eigenvalue weighted by molar-refractivity contribution is 7.91. The summed E-state index contributed by atoms with van der Waals surface area (Å²) in [6.07, 6.45) is 0. The van der Waals surface area contributed by atoms with Crippen LogP contribution in [0.5, 0.6) is 5.75 Å². The van der Waals surface area contributed by atoms with E-state index in [-0.39, 0.29) is 16.6 Å². The summed E-state index contributed by atoms with van der Waals surface area (Å²) in [7, 11) is -1.72. The molecule has 172 valence electrons. The Morgan fingerprint density at radius 1 is 1.03 bits per heavy atom. The van der Waals surface area contributed by atoms with Gasteiger partial charge >= 0.3 is 0 Å². The largest absolute Gasteiger partial charge is 0.494 e. The van der Waals surface area contributed by atoms with E-state index in [1.165, 1.54) is 23.5 Å². The third-order valence-electron chi connectivity index (χ3n) is 5.44. The molecule has 1 aromatic heterocycles. The number of amides is 1. The van der Waals surface area contributed by atoms with Gasteiger partial charge in [-0.3, -0.25) is 9.69 Å². The monoisotopic (exact) mass is 475 g/mol. The fourth-order valence-electron chi connectivity index (χ4n) is 3.38. The van der Waals surface area contributed by atoms with E-state index in [4.69, 9.17) is 9.72 Å². The summed E-state index contributed by atoms with van der Waals surface area (Å²) in [4.78, 5) is 22.3. The van der Waals surface area contributed by atoms with E-state index in [0.717, 1.165) is 23.3 Å². The average Bonchev–Trinajstić information content (AvgIpc) is 3.25. The van der Waals surface area contributed by atoms with E-state index < -0.39 is 9.84 Å². The third-order valence-corrected chi connectivity index (χ3v) is 8.24. The van der Waals surface area contributed by atoms with Crippen LogP contribution in [0.15, 0.2) is 47.4 Å². The van der Waals surface area contributed by atoms with Crippen LogP contribution in [-0.4, -0.2) is 63.3 Å². The highest BCUT2D eigenvalue weighted by Crippen LogP contribution is 2.34. The number of ether oxygens (including phenoxy) is 1. The van der Waals surface area contributed by atoms with Crippen molar-refractivity contribution in [1.82, 2.24) is 9.88 Å². The lowest BCUT2D eigenvalue weighted by Crippen LogP contribution is -2.38. The van der Waals surface area contributed by atoms with Crippen LogP contribution in [0, 0.1) is 0 Å². The van der Waals surface area contributed by atoms with Crippen LogP contribution >= 0.6 is 11.3 Å². The normalized spacial score (nSPS) is 11.8. The number of methoxy groups -OCH3 is 1. The summed E-state index contributed by atoms with van der Waals surface area (Å²) in [5.41, 5.74) is 1.14. The zero-order valence-electron chi connectivity index (χ0n) is 18.9. The zero-order chi connectivity index (χ0) is 23.3. The number of fused-ring (bicyclic) bond motifs is 1. The van der Waals surface area contributed by atoms with Crippen LogP contribution in [-0.2, 0) is 9.84 Å². The second kappa shape index (κ2) is 10.4. The minimum absolute atomic E-state index is 0.0177. The maximum absolute atomic E-state index is 13.5. The van der Waals surface area contributed by atoms with Crippen molar-refractivity contribution >= 4 is 42.4 Å². The first-order valence-electron chi connectivity index (χ1n) is 10.6. The molecule has 3 rings (SSSR count). The molecule has 3 aromatic rings. The highest BCUT2D eigenvalue weighted by Gasteiger charge is 2.23. The summed E-state index contributed by atoms with van der Waals surface area (Å²) in [6.45, 7) is 8.72. The Balaban J connectivity index is 1.98. The molecule has 0 aliphatic carbocycles. The molecule has 0 aliphatic rings. The summed E-state index contributed by atoms with van der Waals surface area (Å²) in [6, 6.07) is 11.8. The number of anilines is 1. The molecule has 32 heavy (non-hydrogen) atoms. The van der Waals surface area contributed by atoms with Gasteiger partial charge in [-0.2, -0.15) is 0 Å². The first kappa shape index (κ1) is 24.2. The molecule has 0 unspecified atom stereocenters. The van der Waals surface area contributed by atoms with Crippen LogP contribution < -0.4 is 9.64 Å². The molecule has 0 saturated heterocycles. The van der Waals surface area contributed by atoms with Crippen molar-refractivity contribution < 1.29 is 17.9 Å². The molecule has 0 atom stereocenters. The lowest BCUT2D eigenvalue weighted by molar-refractivity contribution is 0.0983. The maximum atomic E-state index is 13.5. The third kappa shape index (κ3) is 5.11. The Bertz CT molecular complexity index is 1170. The van der Waals surface area contributed by atoms with Gasteiger partial charge in [-0.25, -0.2) is 13.4 Å². The van der Waals surface area contributed by atoms with E-state index in [1.807, 2.05) is 18.2 Å². The van der Waals surface area contributed by atoms with Crippen molar-refractivity contribution in [2.24, 2.45) is 0 Å². The van der Waals surface area contributed by atoms with E-state index >= 15 is 0 Å². The fourth-order valence-corrected chi connectivity index (χ4v) is 5.28. The predicted molar refractivity (Wildman–Crippen MR) is 130 cm³/mol. The van der Waals surface area contributed by atoms with Gasteiger partial charge in [-0.1, -0.05) is 38.2 Å². The first-order chi connectivity index (χ1) is 15.3. The van der Waals surface area contributed by atoms with Crippen LogP contribution in [0.2, 0.25) is 0 Å². The number of hydrogen-bond donors (Lipinski definition) is 0. The first-order valence-corrected chi connectivity index (χ1v) is 13.1. The number of carbonyl (C=O) groups excluding carboxylic acids is 1. The molecule has 1 heterocycles. The Hall–Kier alpha value is -2.49. The number of likely N-dealkylation sites (N-methyl/N-ethyl adjacent to an activating group) is 1. The topological polar surface area (TPSA) is 79.8 Å². The number of nitrogens with zero attached hydrogens (tertiary/aromatic N) is 3. The molecule has 7 nitrogen and oxygen atoms in total. The van der Waals surface area contributed by atoms with Crippen LogP contribution in [0.3, 0.4) is 0 Å². The average molecular weight is 476 g/mol. The van der Waals surface area contributed by atoms with Gasteiger partial charge in [0.25, 0.3) is 5.91 Å². The number of hydrogen-bond acceptors (Lipinski definition) is 7. The van der Waals surface area contributed by atoms with Gasteiger partial charge < -0.3 is 9.64 Å². The second-order valence-corrected chi connectivity index (χ2v) is 10.5. The van der Waals surface area contributed by atoms with E-state index in [0.29, 0.717) is 29.5 Å². The Kier molecular flexibility index (Phi) is 7.86. The molecule has 0 aliphatic heterocycles. The zero-order valence-corrected chi connectivity index (χ0v) is 20.5. The van der Waals surface area contributed by atoms with Crippen molar-refractivity contribution in [3.63, 3.8) is 0 Å². The quantitative estimate of drug-likeness (QED) is 0.439. The van der Waals surface area contributed by atoms with E-state index in [2.05, 4.69) is 18.7 Å². The number of sulfone groups is 1. The van der Waals surface area contributed by atoms with Gasteiger partial charge in [0.2, 0.25) is 0 Å². The molecule has 0 saturated carbocycles. The molecule has 2 aromatic carbocycles. The number of para-hydroxylation sites is 1. The smallest absolute Gasteiger partial charge is 0.260 e. The summed E-state index contributed by atoms with van der Waals surface area (Å²) < 4.78 is 30.6. The molecule has 0 bridgehead atoms. The molecule has 9 heteroatoms. The number of carbonyl (C=O) groups is 1. The Labute approximate surface area is 193 Å². The molecule has 0 radical (unpaired) electrons. The Morgan fingerprint density at radius 3 is 2.31 bits per heavy atom.